The molecule has 0 aromatic rings. The number of rotatable bonds is 8. The quantitative estimate of drug-likeness (QED) is 0.645. The van der Waals surface area contributed by atoms with Crippen molar-refractivity contribution < 1.29 is 0 Å². The van der Waals surface area contributed by atoms with E-state index in [2.05, 4.69) is 17.9 Å². The first-order chi connectivity index (χ1) is 8.92. The zero-order valence-electron chi connectivity index (χ0n) is 12.6. The molecule has 0 bridgehead atoms. The van der Waals surface area contributed by atoms with E-state index in [9.17, 15) is 0 Å². The van der Waals surface area contributed by atoms with E-state index in [4.69, 9.17) is 16.7 Å². The van der Waals surface area contributed by atoms with Crippen molar-refractivity contribution in [2.45, 2.75) is 33.2 Å². The van der Waals surface area contributed by atoms with E-state index in [0.29, 0.717) is 5.82 Å². The molecule has 0 amide bonds. The highest BCUT2D eigenvalue weighted by Crippen LogP contribution is 2.02. The SMILES string of the molecule is CCCN(CCN(C)/C(N)=C/C=C(/C)N)C(C)C#N. The van der Waals surface area contributed by atoms with Crippen molar-refractivity contribution in [3.05, 3.63) is 23.7 Å². The van der Waals surface area contributed by atoms with Gasteiger partial charge in [0, 0.05) is 25.8 Å². The number of nitrogens with two attached hydrogens (primary N) is 2. The summed E-state index contributed by atoms with van der Waals surface area (Å²) in [7, 11) is 1.94. The van der Waals surface area contributed by atoms with Crippen LogP contribution >= 0.6 is 0 Å². The van der Waals surface area contributed by atoms with E-state index in [1.807, 2.05) is 25.8 Å². The molecule has 0 aliphatic heterocycles. The Morgan fingerprint density at radius 3 is 2.37 bits per heavy atom. The normalized spacial score (nSPS) is 14.3. The molecule has 1 unspecified atom stereocenters. The number of hydrogen-bond acceptors (Lipinski definition) is 5. The summed E-state index contributed by atoms with van der Waals surface area (Å²) in [6.45, 7) is 8.39. The van der Waals surface area contributed by atoms with E-state index in [-0.39, 0.29) is 6.04 Å². The summed E-state index contributed by atoms with van der Waals surface area (Å²) in [6.07, 6.45) is 4.62. The van der Waals surface area contributed by atoms with Gasteiger partial charge in [0.05, 0.1) is 17.9 Å². The maximum Gasteiger partial charge on any atom is 0.0984 e. The highest BCUT2D eigenvalue weighted by molar-refractivity contribution is 5.12. The van der Waals surface area contributed by atoms with Crippen LogP contribution in [0.25, 0.3) is 0 Å². The molecule has 108 valence electrons. The highest BCUT2D eigenvalue weighted by atomic mass is 15.2. The highest BCUT2D eigenvalue weighted by Gasteiger charge is 2.12. The Labute approximate surface area is 117 Å². The molecule has 19 heavy (non-hydrogen) atoms. The lowest BCUT2D eigenvalue weighted by Crippen LogP contribution is -2.39. The van der Waals surface area contributed by atoms with Gasteiger partial charge in [0.2, 0.25) is 0 Å². The van der Waals surface area contributed by atoms with Crippen molar-refractivity contribution in [3.63, 3.8) is 0 Å². The average molecular weight is 265 g/mol. The van der Waals surface area contributed by atoms with Gasteiger partial charge >= 0.3 is 0 Å². The minimum Gasteiger partial charge on any atom is -0.402 e. The van der Waals surface area contributed by atoms with Crippen LogP contribution in [-0.4, -0.2) is 42.5 Å². The van der Waals surface area contributed by atoms with Gasteiger partial charge in [0.15, 0.2) is 0 Å². The predicted molar refractivity (Wildman–Crippen MR) is 79.8 cm³/mol. The summed E-state index contributed by atoms with van der Waals surface area (Å²) in [5, 5.41) is 8.99. The molecule has 5 heteroatoms. The average Bonchev–Trinajstić information content (AvgIpc) is 2.39. The fourth-order valence-corrected chi connectivity index (χ4v) is 1.62. The fourth-order valence-electron chi connectivity index (χ4n) is 1.62. The fraction of sp³-hybridized carbons (Fsp3) is 0.643. The Kier molecular flexibility index (Phi) is 8.47. The molecule has 0 aromatic heterocycles. The van der Waals surface area contributed by atoms with Crippen molar-refractivity contribution in [3.8, 4) is 6.07 Å². The second-order valence-corrected chi connectivity index (χ2v) is 4.76. The maximum absolute atomic E-state index is 8.99. The van der Waals surface area contributed by atoms with Crippen LogP contribution in [0.2, 0.25) is 0 Å². The van der Waals surface area contributed by atoms with Crippen molar-refractivity contribution in [2.75, 3.05) is 26.7 Å². The van der Waals surface area contributed by atoms with Crippen molar-refractivity contribution in [1.82, 2.24) is 9.80 Å². The largest absolute Gasteiger partial charge is 0.402 e. The lowest BCUT2D eigenvalue weighted by molar-refractivity contribution is 0.220. The second kappa shape index (κ2) is 9.29. The summed E-state index contributed by atoms with van der Waals surface area (Å²) < 4.78 is 0. The Bertz CT molecular complexity index is 349. The van der Waals surface area contributed by atoms with E-state index >= 15 is 0 Å². The van der Waals surface area contributed by atoms with Crippen LogP contribution in [0.3, 0.4) is 0 Å². The van der Waals surface area contributed by atoms with Gasteiger partial charge in [-0.2, -0.15) is 5.26 Å². The molecule has 0 aliphatic rings. The third-order valence-corrected chi connectivity index (χ3v) is 2.93. The van der Waals surface area contributed by atoms with Crippen LogP contribution in [-0.2, 0) is 0 Å². The molecular formula is C14H27N5. The van der Waals surface area contributed by atoms with Gasteiger partial charge in [-0.25, -0.2) is 0 Å². The molecule has 0 saturated heterocycles. The minimum absolute atomic E-state index is 0.0651. The van der Waals surface area contributed by atoms with Crippen LogP contribution in [0.15, 0.2) is 23.7 Å². The monoisotopic (exact) mass is 265 g/mol. The number of likely N-dealkylation sites (N-methyl/N-ethyl adjacent to an activating group) is 1. The number of allylic oxidation sites excluding steroid dienone is 3. The summed E-state index contributed by atoms with van der Waals surface area (Å²) in [5.41, 5.74) is 12.2. The molecular weight excluding hydrogens is 238 g/mol. The summed E-state index contributed by atoms with van der Waals surface area (Å²) >= 11 is 0. The third kappa shape index (κ3) is 7.37. The van der Waals surface area contributed by atoms with Gasteiger partial charge in [0.25, 0.3) is 0 Å². The van der Waals surface area contributed by atoms with Gasteiger partial charge in [-0.3, -0.25) is 4.90 Å². The Morgan fingerprint density at radius 1 is 1.26 bits per heavy atom. The van der Waals surface area contributed by atoms with Crippen molar-refractivity contribution in [2.24, 2.45) is 11.5 Å². The molecule has 0 aromatic carbocycles. The third-order valence-electron chi connectivity index (χ3n) is 2.93. The van der Waals surface area contributed by atoms with E-state index in [1.54, 1.807) is 12.2 Å². The molecule has 0 fully saturated rings. The van der Waals surface area contributed by atoms with Crippen LogP contribution in [0, 0.1) is 11.3 Å². The number of nitrogens with zero attached hydrogens (tertiary/aromatic N) is 3. The molecule has 0 rings (SSSR count). The molecule has 4 N–H and O–H groups in total. The maximum atomic E-state index is 8.99. The molecule has 5 nitrogen and oxygen atoms in total. The van der Waals surface area contributed by atoms with Gasteiger partial charge in [0.1, 0.15) is 0 Å². The van der Waals surface area contributed by atoms with Crippen LogP contribution in [0.5, 0.6) is 0 Å². The molecule has 0 aliphatic carbocycles. The Morgan fingerprint density at radius 2 is 1.89 bits per heavy atom. The first kappa shape index (κ1) is 17.3. The predicted octanol–water partition coefficient (Wildman–Crippen LogP) is 1.20. The second-order valence-electron chi connectivity index (χ2n) is 4.76. The topological polar surface area (TPSA) is 82.3 Å². The Hall–Kier alpha value is -1.67. The van der Waals surface area contributed by atoms with Crippen molar-refractivity contribution >= 4 is 0 Å². The Balaban J connectivity index is 4.40. The molecule has 0 saturated carbocycles. The van der Waals surface area contributed by atoms with E-state index in [1.165, 1.54) is 0 Å². The van der Waals surface area contributed by atoms with Crippen LogP contribution in [0.1, 0.15) is 27.2 Å². The lowest BCUT2D eigenvalue weighted by atomic mass is 10.2. The van der Waals surface area contributed by atoms with Crippen molar-refractivity contribution in [1.29, 1.82) is 5.26 Å². The summed E-state index contributed by atoms with van der Waals surface area (Å²) in [6, 6.07) is 2.21. The molecule has 0 spiro atoms. The van der Waals surface area contributed by atoms with Gasteiger partial charge in [-0.15, -0.1) is 0 Å². The van der Waals surface area contributed by atoms with E-state index in [0.717, 1.165) is 31.8 Å². The first-order valence-electron chi connectivity index (χ1n) is 6.66. The summed E-state index contributed by atoms with van der Waals surface area (Å²) in [4.78, 5) is 4.12. The smallest absolute Gasteiger partial charge is 0.0984 e. The zero-order chi connectivity index (χ0) is 14.8. The van der Waals surface area contributed by atoms with Crippen LogP contribution < -0.4 is 11.5 Å². The van der Waals surface area contributed by atoms with Gasteiger partial charge in [-0.05, 0) is 39.0 Å². The summed E-state index contributed by atoms with van der Waals surface area (Å²) in [5.74, 6) is 0.672. The van der Waals surface area contributed by atoms with Crippen LogP contribution in [0.4, 0.5) is 0 Å². The number of hydrogen-bond donors (Lipinski definition) is 2. The van der Waals surface area contributed by atoms with Gasteiger partial charge in [-0.1, -0.05) is 6.92 Å². The van der Waals surface area contributed by atoms with E-state index < -0.39 is 0 Å². The number of nitriles is 1. The first-order valence-corrected chi connectivity index (χ1v) is 6.66. The standard InChI is InChI=1S/C14H27N5/c1-5-8-19(13(3)11-15)10-9-18(4)14(17)7-6-12(2)16/h6-7,13H,5,8-10,16-17H2,1-4H3/b12-6-,14-7+. The molecule has 1 atom stereocenters. The lowest BCUT2D eigenvalue weighted by Gasteiger charge is -2.27. The molecule has 0 radical (unpaired) electrons. The molecule has 0 heterocycles. The van der Waals surface area contributed by atoms with Gasteiger partial charge < -0.3 is 16.4 Å². The zero-order valence-corrected chi connectivity index (χ0v) is 12.6. The minimum atomic E-state index is -0.0651.